The van der Waals surface area contributed by atoms with Crippen LogP contribution in [0.3, 0.4) is 0 Å². The predicted octanol–water partition coefficient (Wildman–Crippen LogP) is 4.23. The van der Waals surface area contributed by atoms with Gasteiger partial charge in [0.1, 0.15) is 0 Å². The highest BCUT2D eigenvalue weighted by atomic mass is 79.9. The van der Waals surface area contributed by atoms with E-state index in [2.05, 4.69) is 33.4 Å². The molecule has 1 atom stereocenters. The summed E-state index contributed by atoms with van der Waals surface area (Å²) in [5.41, 5.74) is 2.26. The maximum Gasteiger partial charge on any atom is 0.307 e. The fraction of sp³-hybridized carbons (Fsp3) is 0.278. The maximum absolute atomic E-state index is 11.8. The van der Waals surface area contributed by atoms with Gasteiger partial charge in [-0.15, -0.1) is 0 Å². The first-order chi connectivity index (χ1) is 10.7. The van der Waals surface area contributed by atoms with Crippen molar-refractivity contribution in [3.05, 3.63) is 70.2 Å². The molecule has 0 radical (unpaired) electrons. The largest absolute Gasteiger partial charge is 0.466 e. The third-order valence-corrected chi connectivity index (χ3v) is 3.87. The topological polar surface area (TPSA) is 38.3 Å². The molecule has 0 saturated heterocycles. The molecule has 2 rings (SSSR count). The average molecular weight is 362 g/mol. The van der Waals surface area contributed by atoms with Crippen LogP contribution in [0.2, 0.25) is 0 Å². The Labute approximate surface area is 139 Å². The van der Waals surface area contributed by atoms with Crippen LogP contribution in [0.25, 0.3) is 0 Å². The third kappa shape index (κ3) is 5.28. The molecule has 0 bridgehead atoms. The summed E-state index contributed by atoms with van der Waals surface area (Å²) in [5, 5.41) is 3.44. The second-order valence-corrected chi connectivity index (χ2v) is 5.90. The van der Waals surface area contributed by atoms with E-state index in [0.29, 0.717) is 19.6 Å². The predicted molar refractivity (Wildman–Crippen MR) is 91.4 cm³/mol. The number of esters is 1. The van der Waals surface area contributed by atoms with Crippen molar-refractivity contribution in [3.63, 3.8) is 0 Å². The summed E-state index contributed by atoms with van der Waals surface area (Å²) in [4.78, 5) is 11.8. The van der Waals surface area contributed by atoms with Crippen molar-refractivity contribution in [2.45, 2.75) is 25.9 Å². The molecule has 0 amide bonds. The van der Waals surface area contributed by atoms with Gasteiger partial charge in [0, 0.05) is 17.1 Å². The molecule has 0 aliphatic rings. The molecule has 0 saturated carbocycles. The molecule has 0 aromatic heterocycles. The average Bonchev–Trinajstić information content (AvgIpc) is 2.53. The summed E-state index contributed by atoms with van der Waals surface area (Å²) in [6.07, 6.45) is 0.322. The van der Waals surface area contributed by atoms with Gasteiger partial charge in [-0.25, -0.2) is 0 Å². The lowest BCUT2D eigenvalue weighted by molar-refractivity contribution is -0.143. The van der Waals surface area contributed by atoms with Crippen LogP contribution >= 0.6 is 15.9 Å². The number of hydrogen-bond donors (Lipinski definition) is 1. The second-order valence-electron chi connectivity index (χ2n) is 4.98. The molecule has 0 aliphatic heterocycles. The first-order valence-corrected chi connectivity index (χ1v) is 8.16. The Morgan fingerprint density at radius 2 is 1.82 bits per heavy atom. The molecular formula is C18H20BrNO2. The van der Waals surface area contributed by atoms with Gasteiger partial charge < -0.3 is 10.1 Å². The van der Waals surface area contributed by atoms with Crippen LogP contribution in [0.15, 0.2) is 59.1 Å². The Balaban J connectivity index is 2.07. The molecule has 1 N–H and O–H groups in total. The van der Waals surface area contributed by atoms with Crippen molar-refractivity contribution in [2.24, 2.45) is 0 Å². The van der Waals surface area contributed by atoms with Gasteiger partial charge in [0.2, 0.25) is 0 Å². The van der Waals surface area contributed by atoms with Gasteiger partial charge in [0.15, 0.2) is 0 Å². The Hall–Kier alpha value is -1.65. The number of benzene rings is 2. The molecule has 2 aromatic rings. The zero-order valence-electron chi connectivity index (χ0n) is 12.6. The van der Waals surface area contributed by atoms with Crippen molar-refractivity contribution < 1.29 is 9.53 Å². The van der Waals surface area contributed by atoms with Crippen LogP contribution in [-0.2, 0) is 16.1 Å². The van der Waals surface area contributed by atoms with Gasteiger partial charge in [-0.3, -0.25) is 4.79 Å². The highest BCUT2D eigenvalue weighted by molar-refractivity contribution is 9.10. The number of rotatable bonds is 7. The van der Waals surface area contributed by atoms with Crippen molar-refractivity contribution in [1.29, 1.82) is 0 Å². The molecule has 4 heteroatoms. The number of nitrogens with one attached hydrogen (secondary N) is 1. The molecule has 22 heavy (non-hydrogen) atoms. The van der Waals surface area contributed by atoms with Gasteiger partial charge in [-0.1, -0.05) is 58.4 Å². The molecule has 2 aromatic carbocycles. The second kappa shape index (κ2) is 8.71. The molecule has 1 unspecified atom stereocenters. The highest BCUT2D eigenvalue weighted by Crippen LogP contribution is 2.21. The zero-order chi connectivity index (χ0) is 15.8. The number of hydrogen-bond acceptors (Lipinski definition) is 3. The van der Waals surface area contributed by atoms with Crippen molar-refractivity contribution in [1.82, 2.24) is 5.32 Å². The summed E-state index contributed by atoms with van der Waals surface area (Å²) in [7, 11) is 0. The van der Waals surface area contributed by atoms with E-state index in [-0.39, 0.29) is 12.0 Å². The van der Waals surface area contributed by atoms with E-state index in [1.807, 2.05) is 49.4 Å². The van der Waals surface area contributed by atoms with Gasteiger partial charge >= 0.3 is 5.97 Å². The van der Waals surface area contributed by atoms with Crippen LogP contribution < -0.4 is 5.32 Å². The third-order valence-electron chi connectivity index (χ3n) is 3.34. The Morgan fingerprint density at radius 1 is 1.14 bits per heavy atom. The number of carbonyl (C=O) groups is 1. The van der Waals surface area contributed by atoms with Crippen LogP contribution in [-0.4, -0.2) is 12.6 Å². The van der Waals surface area contributed by atoms with Crippen molar-refractivity contribution in [3.8, 4) is 0 Å². The van der Waals surface area contributed by atoms with E-state index in [0.717, 1.165) is 10.0 Å². The minimum atomic E-state index is -0.184. The highest BCUT2D eigenvalue weighted by Gasteiger charge is 2.16. The van der Waals surface area contributed by atoms with Crippen molar-refractivity contribution >= 4 is 21.9 Å². The Morgan fingerprint density at radius 3 is 2.45 bits per heavy atom. The van der Waals surface area contributed by atoms with Gasteiger partial charge in [-0.05, 0) is 30.2 Å². The molecule has 0 heterocycles. The van der Waals surface area contributed by atoms with Crippen LogP contribution in [0.5, 0.6) is 0 Å². The monoisotopic (exact) mass is 361 g/mol. The fourth-order valence-electron chi connectivity index (χ4n) is 2.23. The maximum atomic E-state index is 11.8. The minimum absolute atomic E-state index is 0.0626. The van der Waals surface area contributed by atoms with Gasteiger partial charge in [0.25, 0.3) is 0 Å². The zero-order valence-corrected chi connectivity index (χ0v) is 14.2. The molecule has 0 spiro atoms. The summed E-state index contributed by atoms with van der Waals surface area (Å²) >= 11 is 3.43. The van der Waals surface area contributed by atoms with Gasteiger partial charge in [0.05, 0.1) is 13.0 Å². The summed E-state index contributed by atoms with van der Waals surface area (Å²) in [5.74, 6) is -0.184. The van der Waals surface area contributed by atoms with E-state index in [9.17, 15) is 4.79 Å². The molecule has 3 nitrogen and oxygen atoms in total. The lowest BCUT2D eigenvalue weighted by Gasteiger charge is -2.19. The van der Waals surface area contributed by atoms with Crippen LogP contribution in [0.4, 0.5) is 0 Å². The van der Waals surface area contributed by atoms with E-state index < -0.39 is 0 Å². The Bertz CT molecular complexity index is 584. The van der Waals surface area contributed by atoms with E-state index in [1.165, 1.54) is 5.56 Å². The fourth-order valence-corrected chi connectivity index (χ4v) is 2.49. The van der Waals surface area contributed by atoms with Crippen molar-refractivity contribution in [2.75, 3.05) is 6.61 Å². The first kappa shape index (κ1) is 16.7. The lowest BCUT2D eigenvalue weighted by Crippen LogP contribution is -2.24. The minimum Gasteiger partial charge on any atom is -0.466 e. The van der Waals surface area contributed by atoms with Gasteiger partial charge in [-0.2, -0.15) is 0 Å². The summed E-state index contributed by atoms with van der Waals surface area (Å²) in [6.45, 7) is 2.94. The van der Waals surface area contributed by atoms with Crippen LogP contribution in [0, 0.1) is 0 Å². The van der Waals surface area contributed by atoms with E-state index in [4.69, 9.17) is 4.74 Å². The SMILES string of the molecule is CCOC(=O)CC(NCc1ccccc1)c1ccc(Br)cc1. The summed E-state index contributed by atoms with van der Waals surface area (Å²) in [6, 6.07) is 18.1. The standard InChI is InChI=1S/C18H20BrNO2/c1-2-22-18(21)12-17(15-8-10-16(19)11-9-15)20-13-14-6-4-3-5-7-14/h3-11,17,20H,2,12-13H2,1H3. The molecule has 0 aliphatic carbocycles. The quantitative estimate of drug-likeness (QED) is 0.749. The molecule has 116 valence electrons. The number of halogens is 1. The Kier molecular flexibility index (Phi) is 6.62. The molecular weight excluding hydrogens is 342 g/mol. The summed E-state index contributed by atoms with van der Waals surface area (Å²) < 4.78 is 6.10. The van der Waals surface area contributed by atoms with E-state index in [1.54, 1.807) is 0 Å². The normalized spacial score (nSPS) is 11.9. The molecule has 0 fully saturated rings. The smallest absolute Gasteiger partial charge is 0.307 e. The van der Waals surface area contributed by atoms with Crippen LogP contribution in [0.1, 0.15) is 30.5 Å². The van der Waals surface area contributed by atoms with E-state index >= 15 is 0 Å². The number of carbonyl (C=O) groups excluding carboxylic acids is 1. The lowest BCUT2D eigenvalue weighted by atomic mass is 10.0. The number of ether oxygens (including phenoxy) is 1. The first-order valence-electron chi connectivity index (χ1n) is 7.37.